The van der Waals surface area contributed by atoms with Gasteiger partial charge in [-0.15, -0.1) is 0 Å². The predicted molar refractivity (Wildman–Crippen MR) is 47.6 cm³/mol. The average molecular weight is 195 g/mol. The first-order valence-electron chi connectivity index (χ1n) is 4.24. The number of para-hydroxylation sites is 1. The third kappa shape index (κ3) is 1.42. The summed E-state index contributed by atoms with van der Waals surface area (Å²) in [5.74, 6) is 0.486. The number of nitrogens with zero attached hydrogens (tertiary/aromatic N) is 1. The largest absolute Gasteiger partial charge is 0.428 e. The van der Waals surface area contributed by atoms with E-state index >= 15 is 0 Å². The van der Waals surface area contributed by atoms with Gasteiger partial charge in [0, 0.05) is 6.42 Å². The van der Waals surface area contributed by atoms with E-state index in [1.807, 2.05) is 0 Å². The van der Waals surface area contributed by atoms with E-state index in [1.54, 1.807) is 24.3 Å². The Balaban J connectivity index is 2.31. The van der Waals surface area contributed by atoms with Crippen molar-refractivity contribution >= 4 is 0 Å². The van der Waals surface area contributed by atoms with E-state index < -0.39 is 17.3 Å². The van der Waals surface area contributed by atoms with Crippen LogP contribution in [0.2, 0.25) is 0 Å². The Hall–Kier alpha value is -1.62. The Morgan fingerprint density at radius 1 is 1.50 bits per heavy atom. The Labute approximate surface area is 80.1 Å². The molecule has 1 N–H and O–H groups in total. The number of aliphatic hydroxyl groups excluding tert-OH is 1. The van der Waals surface area contributed by atoms with Crippen molar-refractivity contribution in [2.45, 2.75) is 18.8 Å². The minimum absolute atomic E-state index is 0.266. The van der Waals surface area contributed by atoms with Crippen LogP contribution in [0.4, 0.5) is 0 Å². The van der Waals surface area contributed by atoms with Gasteiger partial charge in [-0.25, -0.2) is 0 Å². The van der Waals surface area contributed by atoms with Crippen molar-refractivity contribution in [3.63, 3.8) is 0 Å². The lowest BCUT2D eigenvalue weighted by Crippen LogP contribution is -2.43. The smallest absolute Gasteiger partial charge is 0.380 e. The minimum atomic E-state index is -1.34. The molecule has 0 bridgehead atoms. The zero-order chi connectivity index (χ0) is 10.1. The first kappa shape index (κ1) is 8.96. The van der Waals surface area contributed by atoms with E-state index in [0.29, 0.717) is 5.75 Å². The van der Waals surface area contributed by atoms with Crippen LogP contribution in [0.1, 0.15) is 5.56 Å². The molecule has 1 aliphatic heterocycles. The van der Waals surface area contributed by atoms with Crippen molar-refractivity contribution in [3.05, 3.63) is 39.9 Å². The van der Waals surface area contributed by atoms with Crippen LogP contribution in [0, 0.1) is 10.1 Å². The maximum absolute atomic E-state index is 10.5. The molecule has 0 amide bonds. The molecular weight excluding hydrogens is 186 g/mol. The summed E-state index contributed by atoms with van der Waals surface area (Å²) in [5.41, 5.74) is 0.804. The van der Waals surface area contributed by atoms with Crippen LogP contribution >= 0.6 is 0 Å². The molecule has 0 aliphatic carbocycles. The first-order valence-corrected chi connectivity index (χ1v) is 4.24. The van der Waals surface area contributed by atoms with E-state index in [0.717, 1.165) is 5.56 Å². The summed E-state index contributed by atoms with van der Waals surface area (Å²) >= 11 is 0. The van der Waals surface area contributed by atoms with Crippen LogP contribution in [0.25, 0.3) is 0 Å². The van der Waals surface area contributed by atoms with E-state index in [9.17, 15) is 15.2 Å². The van der Waals surface area contributed by atoms with Crippen molar-refractivity contribution in [3.8, 4) is 5.75 Å². The molecule has 1 heterocycles. The predicted octanol–water partition coefficient (Wildman–Crippen LogP) is 0.585. The molecule has 0 saturated heterocycles. The molecule has 1 aliphatic rings. The van der Waals surface area contributed by atoms with Gasteiger partial charge in [0.25, 0.3) is 0 Å². The fraction of sp³-hybridized carbons (Fsp3) is 0.333. The second-order valence-corrected chi connectivity index (χ2v) is 3.17. The second-order valence-electron chi connectivity index (χ2n) is 3.17. The monoisotopic (exact) mass is 195 g/mol. The van der Waals surface area contributed by atoms with E-state index in [-0.39, 0.29) is 6.42 Å². The van der Waals surface area contributed by atoms with E-state index in [1.165, 1.54) is 0 Å². The lowest BCUT2D eigenvalue weighted by Gasteiger charge is -2.24. The maximum Gasteiger partial charge on any atom is 0.380 e. The van der Waals surface area contributed by atoms with Gasteiger partial charge in [0.1, 0.15) is 5.75 Å². The molecule has 1 aromatic carbocycles. The lowest BCUT2D eigenvalue weighted by molar-refractivity contribution is -0.576. The fourth-order valence-electron chi connectivity index (χ4n) is 1.51. The van der Waals surface area contributed by atoms with Crippen LogP contribution in [0.3, 0.4) is 0 Å². The number of hydrogen-bond acceptors (Lipinski definition) is 4. The minimum Gasteiger partial charge on any atom is -0.428 e. The lowest BCUT2D eigenvalue weighted by atomic mass is 10.0. The Morgan fingerprint density at radius 2 is 2.21 bits per heavy atom. The Kier molecular flexibility index (Phi) is 2.09. The van der Waals surface area contributed by atoms with Gasteiger partial charge in [-0.1, -0.05) is 18.2 Å². The van der Waals surface area contributed by atoms with E-state index in [2.05, 4.69) is 0 Å². The van der Waals surface area contributed by atoms with Crippen molar-refractivity contribution in [1.29, 1.82) is 0 Å². The van der Waals surface area contributed by atoms with Crippen molar-refractivity contribution in [2.24, 2.45) is 0 Å². The Morgan fingerprint density at radius 3 is 2.93 bits per heavy atom. The highest BCUT2D eigenvalue weighted by Crippen LogP contribution is 2.27. The number of aliphatic hydroxyl groups is 1. The van der Waals surface area contributed by atoms with Gasteiger partial charge in [-0.3, -0.25) is 10.1 Å². The third-order valence-electron chi connectivity index (χ3n) is 2.19. The molecular formula is C9H9NO4. The molecule has 74 valence electrons. The quantitative estimate of drug-likeness (QED) is 0.525. The highest BCUT2D eigenvalue weighted by molar-refractivity contribution is 5.35. The van der Waals surface area contributed by atoms with Crippen molar-refractivity contribution < 1.29 is 14.8 Å². The SMILES string of the molecule is O=[N+]([O-])C1Oc2ccccc2CC1O. The van der Waals surface area contributed by atoms with Crippen LogP contribution in [0.15, 0.2) is 24.3 Å². The second kappa shape index (κ2) is 3.26. The zero-order valence-electron chi connectivity index (χ0n) is 7.29. The van der Waals surface area contributed by atoms with Gasteiger partial charge in [0.05, 0.1) is 4.92 Å². The highest BCUT2D eigenvalue weighted by Gasteiger charge is 2.36. The molecule has 14 heavy (non-hydrogen) atoms. The van der Waals surface area contributed by atoms with Crippen LogP contribution in [-0.4, -0.2) is 22.4 Å². The third-order valence-corrected chi connectivity index (χ3v) is 2.19. The van der Waals surface area contributed by atoms with Crippen LogP contribution in [0.5, 0.6) is 5.75 Å². The summed E-state index contributed by atoms with van der Waals surface area (Å²) in [6, 6.07) is 7.00. The van der Waals surface area contributed by atoms with Gasteiger partial charge < -0.3 is 9.84 Å². The number of fused-ring (bicyclic) bond motifs is 1. The molecule has 0 radical (unpaired) electrons. The normalized spacial score (nSPS) is 24.9. The standard InChI is InChI=1S/C9H9NO4/c11-7-5-6-3-1-2-4-8(6)14-9(7)10(12)13/h1-4,7,9,11H,5H2. The highest BCUT2D eigenvalue weighted by atomic mass is 16.7. The Bertz CT molecular complexity index is 366. The molecule has 2 rings (SSSR count). The number of ether oxygens (including phenoxy) is 1. The maximum atomic E-state index is 10.5. The van der Waals surface area contributed by atoms with Gasteiger partial charge >= 0.3 is 6.23 Å². The first-order chi connectivity index (χ1) is 6.68. The van der Waals surface area contributed by atoms with Crippen LogP contribution in [-0.2, 0) is 6.42 Å². The van der Waals surface area contributed by atoms with Gasteiger partial charge in [0.2, 0.25) is 0 Å². The van der Waals surface area contributed by atoms with Crippen LogP contribution < -0.4 is 4.74 Å². The zero-order valence-corrected chi connectivity index (χ0v) is 7.29. The molecule has 0 aromatic heterocycles. The van der Waals surface area contributed by atoms with Crippen molar-refractivity contribution in [1.82, 2.24) is 0 Å². The van der Waals surface area contributed by atoms with Gasteiger partial charge in [-0.05, 0) is 11.6 Å². The summed E-state index contributed by atoms with van der Waals surface area (Å²) in [7, 11) is 0. The summed E-state index contributed by atoms with van der Waals surface area (Å²) in [4.78, 5) is 9.88. The number of benzene rings is 1. The molecule has 2 atom stereocenters. The van der Waals surface area contributed by atoms with Gasteiger partial charge in [0.15, 0.2) is 6.10 Å². The molecule has 5 nitrogen and oxygen atoms in total. The summed E-state index contributed by atoms with van der Waals surface area (Å²) < 4.78 is 5.06. The van der Waals surface area contributed by atoms with E-state index in [4.69, 9.17) is 4.74 Å². The summed E-state index contributed by atoms with van der Waals surface area (Å²) in [6.07, 6.45) is -2.15. The number of rotatable bonds is 1. The molecule has 0 fully saturated rings. The molecule has 0 spiro atoms. The number of nitro groups is 1. The summed E-state index contributed by atoms with van der Waals surface area (Å²) in [6.45, 7) is 0. The molecule has 0 saturated carbocycles. The summed E-state index contributed by atoms with van der Waals surface area (Å²) in [5, 5.41) is 19.9. The topological polar surface area (TPSA) is 72.6 Å². The van der Waals surface area contributed by atoms with Crippen molar-refractivity contribution in [2.75, 3.05) is 0 Å². The molecule has 2 unspecified atom stereocenters. The molecule has 1 aromatic rings. The van der Waals surface area contributed by atoms with Gasteiger partial charge in [-0.2, -0.15) is 0 Å². The number of hydrogen-bond donors (Lipinski definition) is 1. The average Bonchev–Trinajstić information content (AvgIpc) is 2.16. The fourth-order valence-corrected chi connectivity index (χ4v) is 1.51. The molecule has 5 heteroatoms.